The molecule has 0 bridgehead atoms. The summed E-state index contributed by atoms with van der Waals surface area (Å²) in [6.45, 7) is 0.201. The average molecular weight is 352 g/mol. The van der Waals surface area contributed by atoms with Crippen molar-refractivity contribution in [1.82, 2.24) is 4.98 Å². The van der Waals surface area contributed by atoms with E-state index in [1.165, 1.54) is 24.3 Å². The van der Waals surface area contributed by atoms with Gasteiger partial charge in [-0.1, -0.05) is 0 Å². The van der Waals surface area contributed by atoms with E-state index in [9.17, 15) is 9.18 Å². The van der Waals surface area contributed by atoms with E-state index in [0.717, 1.165) is 10.5 Å². The number of nitrogens with zero attached hydrogens (tertiary/aromatic N) is 1. The maximum absolute atomic E-state index is 13.2. The van der Waals surface area contributed by atoms with Gasteiger partial charge in [0.15, 0.2) is 0 Å². The number of carboxylic acids is 1. The first-order chi connectivity index (χ1) is 10.0. The van der Waals surface area contributed by atoms with Gasteiger partial charge in [-0.3, -0.25) is 4.98 Å². The van der Waals surface area contributed by atoms with Gasteiger partial charge in [0.25, 0.3) is 0 Å². The molecule has 2 rings (SSSR count). The number of hydrogen-bond donors (Lipinski definition) is 1. The predicted octanol–water partition coefficient (Wildman–Crippen LogP) is 3.66. The molecule has 0 saturated heterocycles. The Labute approximate surface area is 129 Å². The van der Waals surface area contributed by atoms with Crippen LogP contribution in [0.2, 0.25) is 0 Å². The molecule has 1 aromatic heterocycles. The Morgan fingerprint density at radius 1 is 1.38 bits per heavy atom. The normalized spacial score (nSPS) is 10.8. The van der Waals surface area contributed by atoms with Crippen LogP contribution in [0, 0.1) is 5.82 Å². The summed E-state index contributed by atoms with van der Waals surface area (Å²) in [4.78, 5) is 14.7. The molecule has 0 radical (unpaired) electrons. The molecule has 6 heteroatoms. The van der Waals surface area contributed by atoms with Gasteiger partial charge in [0.05, 0.1) is 5.69 Å². The summed E-state index contributed by atoms with van der Waals surface area (Å²) in [6.07, 6.45) is 3.86. The predicted molar refractivity (Wildman–Crippen MR) is 79.3 cm³/mol. The van der Waals surface area contributed by atoms with Gasteiger partial charge in [-0.25, -0.2) is 9.18 Å². The summed E-state index contributed by atoms with van der Waals surface area (Å²) in [7, 11) is 0. The largest absolute Gasteiger partial charge is 0.487 e. The van der Waals surface area contributed by atoms with Crippen LogP contribution in [0.25, 0.3) is 6.08 Å². The van der Waals surface area contributed by atoms with Crippen LogP contribution < -0.4 is 4.74 Å². The number of pyridine rings is 1. The summed E-state index contributed by atoms with van der Waals surface area (Å²) in [5, 5.41) is 8.63. The highest BCUT2D eigenvalue weighted by atomic mass is 79.9. The Balaban J connectivity index is 2.15. The maximum atomic E-state index is 13.2. The van der Waals surface area contributed by atoms with E-state index in [1.807, 2.05) is 6.07 Å². The molecule has 0 amide bonds. The quantitative estimate of drug-likeness (QED) is 0.835. The Morgan fingerprint density at radius 2 is 2.19 bits per heavy atom. The van der Waals surface area contributed by atoms with E-state index in [-0.39, 0.29) is 6.61 Å². The number of benzene rings is 1. The van der Waals surface area contributed by atoms with Crippen LogP contribution in [-0.2, 0) is 11.4 Å². The van der Waals surface area contributed by atoms with Crippen molar-refractivity contribution in [3.8, 4) is 5.75 Å². The molecule has 0 fully saturated rings. The van der Waals surface area contributed by atoms with E-state index in [1.54, 1.807) is 12.3 Å². The first kappa shape index (κ1) is 15.2. The first-order valence-electron chi connectivity index (χ1n) is 5.98. The van der Waals surface area contributed by atoms with Crippen LogP contribution in [0.3, 0.4) is 0 Å². The Hall–Kier alpha value is -2.21. The highest BCUT2D eigenvalue weighted by molar-refractivity contribution is 9.10. The lowest BCUT2D eigenvalue weighted by Gasteiger charge is -2.09. The number of ether oxygens (including phenoxy) is 1. The molecule has 1 aromatic carbocycles. The van der Waals surface area contributed by atoms with Crippen molar-refractivity contribution in [1.29, 1.82) is 0 Å². The molecule has 21 heavy (non-hydrogen) atoms. The number of carboxylic acid groups (broad SMARTS) is 1. The topological polar surface area (TPSA) is 59.4 Å². The van der Waals surface area contributed by atoms with E-state index >= 15 is 0 Å². The minimum absolute atomic E-state index is 0.201. The zero-order valence-corrected chi connectivity index (χ0v) is 12.4. The minimum atomic E-state index is -1.11. The second-order valence-electron chi connectivity index (χ2n) is 4.11. The summed E-state index contributed by atoms with van der Waals surface area (Å²) in [5.74, 6) is -1.19. The molecule has 0 saturated carbocycles. The SMILES string of the molecule is O=C(O)/C=C/c1cc(F)ccc1OCc1ccc(Br)cn1. The third-order valence-electron chi connectivity index (χ3n) is 2.54. The van der Waals surface area contributed by atoms with Gasteiger partial charge in [-0.05, 0) is 52.3 Å². The molecular formula is C15H11BrFNO3. The zero-order valence-electron chi connectivity index (χ0n) is 10.8. The van der Waals surface area contributed by atoms with Gasteiger partial charge in [0, 0.05) is 22.3 Å². The molecule has 4 nitrogen and oxygen atoms in total. The van der Waals surface area contributed by atoms with E-state index < -0.39 is 11.8 Å². The maximum Gasteiger partial charge on any atom is 0.328 e. The van der Waals surface area contributed by atoms with Crippen LogP contribution in [0.5, 0.6) is 5.75 Å². The molecule has 0 unspecified atom stereocenters. The molecule has 108 valence electrons. The third-order valence-corrected chi connectivity index (χ3v) is 3.01. The van der Waals surface area contributed by atoms with Crippen molar-refractivity contribution in [2.24, 2.45) is 0 Å². The van der Waals surface area contributed by atoms with Gasteiger partial charge < -0.3 is 9.84 Å². The Kier molecular flexibility index (Phi) is 5.05. The molecule has 0 aliphatic rings. The highest BCUT2D eigenvalue weighted by Crippen LogP contribution is 2.22. The monoisotopic (exact) mass is 351 g/mol. The summed E-state index contributed by atoms with van der Waals surface area (Å²) >= 11 is 3.29. The number of aromatic nitrogens is 1. The molecule has 0 atom stereocenters. The van der Waals surface area contributed by atoms with Gasteiger partial charge in [-0.2, -0.15) is 0 Å². The molecule has 0 aliphatic carbocycles. The van der Waals surface area contributed by atoms with Crippen molar-refractivity contribution in [2.45, 2.75) is 6.61 Å². The molecule has 1 N–H and O–H groups in total. The van der Waals surface area contributed by atoms with E-state index in [0.29, 0.717) is 17.0 Å². The van der Waals surface area contributed by atoms with E-state index in [4.69, 9.17) is 9.84 Å². The Morgan fingerprint density at radius 3 is 2.86 bits per heavy atom. The lowest BCUT2D eigenvalue weighted by Crippen LogP contribution is -1.99. The van der Waals surface area contributed by atoms with Gasteiger partial charge in [-0.15, -0.1) is 0 Å². The molecule has 0 spiro atoms. The lowest BCUT2D eigenvalue weighted by atomic mass is 10.2. The second kappa shape index (κ2) is 6.99. The first-order valence-corrected chi connectivity index (χ1v) is 6.77. The fourth-order valence-electron chi connectivity index (χ4n) is 1.59. The highest BCUT2D eigenvalue weighted by Gasteiger charge is 2.05. The lowest BCUT2D eigenvalue weighted by molar-refractivity contribution is -0.131. The fourth-order valence-corrected chi connectivity index (χ4v) is 1.82. The smallest absolute Gasteiger partial charge is 0.328 e. The average Bonchev–Trinajstić information content (AvgIpc) is 2.45. The number of carbonyl (C=O) groups is 1. The summed E-state index contributed by atoms with van der Waals surface area (Å²) in [6, 6.07) is 7.55. The van der Waals surface area contributed by atoms with Gasteiger partial charge in [0.2, 0.25) is 0 Å². The van der Waals surface area contributed by atoms with Crippen LogP contribution in [0.1, 0.15) is 11.3 Å². The molecule has 1 heterocycles. The van der Waals surface area contributed by atoms with Crippen molar-refractivity contribution in [3.05, 3.63) is 64.2 Å². The number of rotatable bonds is 5. The molecular weight excluding hydrogens is 341 g/mol. The third kappa shape index (κ3) is 4.68. The van der Waals surface area contributed by atoms with Crippen LogP contribution >= 0.6 is 15.9 Å². The van der Waals surface area contributed by atoms with Crippen molar-refractivity contribution < 1.29 is 19.0 Å². The van der Waals surface area contributed by atoms with Crippen LogP contribution in [0.15, 0.2) is 47.1 Å². The van der Waals surface area contributed by atoms with Crippen molar-refractivity contribution in [3.63, 3.8) is 0 Å². The number of halogens is 2. The molecule has 2 aromatic rings. The van der Waals surface area contributed by atoms with Gasteiger partial charge in [0.1, 0.15) is 18.2 Å². The zero-order chi connectivity index (χ0) is 15.2. The fraction of sp³-hybridized carbons (Fsp3) is 0.0667. The summed E-state index contributed by atoms with van der Waals surface area (Å²) < 4.78 is 19.6. The molecule has 0 aliphatic heterocycles. The van der Waals surface area contributed by atoms with Crippen molar-refractivity contribution >= 4 is 28.0 Å². The summed E-state index contributed by atoms with van der Waals surface area (Å²) in [5.41, 5.74) is 1.06. The number of aliphatic carboxylic acids is 1. The van der Waals surface area contributed by atoms with Crippen LogP contribution in [0.4, 0.5) is 4.39 Å². The minimum Gasteiger partial charge on any atom is -0.487 e. The van der Waals surface area contributed by atoms with Crippen molar-refractivity contribution in [2.75, 3.05) is 0 Å². The standard InChI is InChI=1S/C15H11BrFNO3/c16-11-2-4-13(18-8-11)9-21-14-5-3-12(17)7-10(14)1-6-15(19)20/h1-8H,9H2,(H,19,20)/b6-1+. The Bertz CT molecular complexity index is 671. The number of hydrogen-bond acceptors (Lipinski definition) is 3. The van der Waals surface area contributed by atoms with Crippen LogP contribution in [-0.4, -0.2) is 16.1 Å². The van der Waals surface area contributed by atoms with Gasteiger partial charge >= 0.3 is 5.97 Å². The second-order valence-corrected chi connectivity index (χ2v) is 5.03. The van der Waals surface area contributed by atoms with E-state index in [2.05, 4.69) is 20.9 Å².